The van der Waals surface area contributed by atoms with Gasteiger partial charge in [-0.15, -0.1) is 0 Å². The number of aliphatic hydroxyl groups is 1. The van der Waals surface area contributed by atoms with Crippen molar-refractivity contribution in [1.29, 1.82) is 0 Å². The maximum absolute atomic E-state index is 11.0. The van der Waals surface area contributed by atoms with Crippen molar-refractivity contribution in [2.45, 2.75) is 18.6 Å². The monoisotopic (exact) mass is 173 g/mol. The van der Waals surface area contributed by atoms with Gasteiger partial charge in [0.25, 0.3) is 0 Å². The lowest BCUT2D eigenvalue weighted by molar-refractivity contribution is -0.148. The molecule has 1 fully saturated rings. The Kier molecular flexibility index (Phi) is 2.65. The minimum absolute atomic E-state index is 0.212. The summed E-state index contributed by atoms with van der Waals surface area (Å²) in [5.41, 5.74) is 0. The molecule has 5 heteroatoms. The van der Waals surface area contributed by atoms with Gasteiger partial charge >= 0.3 is 5.97 Å². The molecule has 12 heavy (non-hydrogen) atoms. The van der Waals surface area contributed by atoms with Crippen LogP contribution in [0.1, 0.15) is 6.42 Å². The van der Waals surface area contributed by atoms with E-state index in [1.54, 1.807) is 0 Å². The van der Waals surface area contributed by atoms with Crippen LogP contribution in [0.25, 0.3) is 0 Å². The van der Waals surface area contributed by atoms with Gasteiger partial charge in [0, 0.05) is 13.0 Å². The van der Waals surface area contributed by atoms with Crippen LogP contribution in [0.5, 0.6) is 0 Å². The maximum atomic E-state index is 11.0. The molecular weight excluding hydrogens is 162 g/mol. The van der Waals surface area contributed by atoms with Gasteiger partial charge in [-0.1, -0.05) is 0 Å². The molecule has 1 rings (SSSR count). The molecule has 0 aromatic heterocycles. The lowest BCUT2D eigenvalue weighted by atomic mass is 10.2. The minimum Gasteiger partial charge on any atom is -0.467 e. The average molecular weight is 173 g/mol. The zero-order valence-electron chi connectivity index (χ0n) is 6.77. The molecule has 68 valence electrons. The first-order valence-corrected chi connectivity index (χ1v) is 3.66. The smallest absolute Gasteiger partial charge is 0.328 e. The second-order valence-electron chi connectivity index (χ2n) is 2.73. The van der Waals surface area contributed by atoms with E-state index >= 15 is 0 Å². The molecule has 0 aromatic rings. The van der Waals surface area contributed by atoms with Crippen molar-refractivity contribution in [2.24, 2.45) is 0 Å². The first-order chi connectivity index (χ1) is 5.69. The normalized spacial score (nSPS) is 28.7. The topological polar surface area (TPSA) is 66.8 Å². The van der Waals surface area contributed by atoms with Crippen molar-refractivity contribution >= 4 is 12.4 Å². The highest BCUT2D eigenvalue weighted by molar-refractivity contribution is 5.78. The van der Waals surface area contributed by atoms with Gasteiger partial charge in [-0.05, 0) is 0 Å². The average Bonchev–Trinajstić information content (AvgIpc) is 2.45. The van der Waals surface area contributed by atoms with E-state index < -0.39 is 18.1 Å². The first-order valence-electron chi connectivity index (χ1n) is 3.66. The Morgan fingerprint density at radius 3 is 2.92 bits per heavy atom. The number of methoxy groups -OCH3 is 1. The predicted molar refractivity (Wildman–Crippen MR) is 39.2 cm³/mol. The summed E-state index contributed by atoms with van der Waals surface area (Å²) < 4.78 is 4.46. The van der Waals surface area contributed by atoms with Gasteiger partial charge in [0.05, 0.1) is 13.2 Å². The van der Waals surface area contributed by atoms with Crippen molar-refractivity contribution in [3.8, 4) is 0 Å². The molecule has 0 unspecified atom stereocenters. The van der Waals surface area contributed by atoms with E-state index in [2.05, 4.69) is 4.74 Å². The van der Waals surface area contributed by atoms with E-state index in [1.165, 1.54) is 12.0 Å². The predicted octanol–water partition coefficient (Wildman–Crippen LogP) is -1.25. The minimum atomic E-state index is -0.612. The summed E-state index contributed by atoms with van der Waals surface area (Å²) in [4.78, 5) is 22.6. The SMILES string of the molecule is COC(=O)[C@@H]1C[C@@H](O)CN1C=O. The maximum Gasteiger partial charge on any atom is 0.328 e. The van der Waals surface area contributed by atoms with E-state index in [0.717, 1.165) is 0 Å². The van der Waals surface area contributed by atoms with Gasteiger partial charge < -0.3 is 14.7 Å². The molecule has 0 aromatic carbocycles. The standard InChI is InChI=1S/C7H11NO4/c1-12-7(11)6-2-5(10)3-8(6)4-9/h4-6,10H,2-3H2,1H3/t5-,6+/m1/s1. The van der Waals surface area contributed by atoms with Gasteiger partial charge in [-0.2, -0.15) is 0 Å². The number of hydrogen-bond acceptors (Lipinski definition) is 4. The molecule has 1 aliphatic heterocycles. The Hall–Kier alpha value is -1.10. The van der Waals surface area contributed by atoms with E-state index in [1.807, 2.05) is 0 Å². The van der Waals surface area contributed by atoms with Crippen LogP contribution in [0.3, 0.4) is 0 Å². The zero-order valence-corrected chi connectivity index (χ0v) is 6.77. The van der Waals surface area contributed by atoms with E-state index in [4.69, 9.17) is 5.11 Å². The van der Waals surface area contributed by atoms with Crippen LogP contribution in [0.15, 0.2) is 0 Å². The highest BCUT2D eigenvalue weighted by Crippen LogP contribution is 2.16. The van der Waals surface area contributed by atoms with Crippen LogP contribution in [0.2, 0.25) is 0 Å². The molecule has 1 N–H and O–H groups in total. The third-order valence-electron chi connectivity index (χ3n) is 1.93. The lowest BCUT2D eigenvalue weighted by Crippen LogP contribution is -2.35. The van der Waals surface area contributed by atoms with Gasteiger partial charge in [-0.3, -0.25) is 4.79 Å². The molecular formula is C7H11NO4. The van der Waals surface area contributed by atoms with Crippen molar-refractivity contribution in [3.05, 3.63) is 0 Å². The summed E-state index contributed by atoms with van der Waals surface area (Å²) in [5, 5.41) is 9.14. The number of hydrogen-bond donors (Lipinski definition) is 1. The molecule has 0 spiro atoms. The van der Waals surface area contributed by atoms with E-state index in [-0.39, 0.29) is 13.0 Å². The molecule has 1 saturated heterocycles. The number of carbonyl (C=O) groups is 2. The number of amides is 1. The fraction of sp³-hybridized carbons (Fsp3) is 0.714. The van der Waals surface area contributed by atoms with Gasteiger partial charge in [0.2, 0.25) is 6.41 Å². The van der Waals surface area contributed by atoms with Crippen molar-refractivity contribution in [3.63, 3.8) is 0 Å². The number of carbonyl (C=O) groups excluding carboxylic acids is 2. The van der Waals surface area contributed by atoms with Crippen LogP contribution < -0.4 is 0 Å². The molecule has 2 atom stereocenters. The fourth-order valence-electron chi connectivity index (χ4n) is 1.32. The van der Waals surface area contributed by atoms with Crippen LogP contribution in [-0.2, 0) is 14.3 Å². The van der Waals surface area contributed by atoms with Crippen LogP contribution in [0, 0.1) is 0 Å². The third-order valence-corrected chi connectivity index (χ3v) is 1.93. The Labute approximate surface area is 69.9 Å². The van der Waals surface area contributed by atoms with Crippen molar-refractivity contribution in [2.75, 3.05) is 13.7 Å². The van der Waals surface area contributed by atoms with E-state index in [0.29, 0.717) is 6.41 Å². The second-order valence-corrected chi connectivity index (χ2v) is 2.73. The number of β-amino-alcohol motifs (C(OH)–C–C–N with tert-alkyl or cyclic N) is 1. The van der Waals surface area contributed by atoms with Crippen LogP contribution in [0.4, 0.5) is 0 Å². The van der Waals surface area contributed by atoms with Gasteiger partial charge in [0.15, 0.2) is 0 Å². The largest absolute Gasteiger partial charge is 0.467 e. The fourth-order valence-corrected chi connectivity index (χ4v) is 1.32. The number of nitrogens with zero attached hydrogens (tertiary/aromatic N) is 1. The molecule has 1 amide bonds. The highest BCUT2D eigenvalue weighted by Gasteiger charge is 2.35. The van der Waals surface area contributed by atoms with Crippen LogP contribution >= 0.6 is 0 Å². The third kappa shape index (κ3) is 1.55. The highest BCUT2D eigenvalue weighted by atomic mass is 16.5. The van der Waals surface area contributed by atoms with E-state index in [9.17, 15) is 9.59 Å². The summed E-state index contributed by atoms with van der Waals surface area (Å²) in [5.74, 6) is -0.473. The number of ether oxygens (including phenoxy) is 1. The molecule has 0 aliphatic carbocycles. The summed E-state index contributed by atoms with van der Waals surface area (Å²) in [6.07, 6.45) is 0.211. The molecule has 1 aliphatic rings. The Morgan fingerprint density at radius 2 is 2.42 bits per heavy atom. The van der Waals surface area contributed by atoms with Crippen LogP contribution in [-0.4, -0.2) is 48.2 Å². The first kappa shape index (κ1) is 8.99. The lowest BCUT2D eigenvalue weighted by Gasteiger charge is -2.15. The second kappa shape index (κ2) is 3.53. The summed E-state index contributed by atoms with van der Waals surface area (Å²) in [7, 11) is 1.26. The number of likely N-dealkylation sites (tertiary alicyclic amines) is 1. The molecule has 0 radical (unpaired) electrons. The quantitative estimate of drug-likeness (QED) is 0.418. The Bertz CT molecular complexity index is 194. The summed E-state index contributed by atoms with van der Waals surface area (Å²) in [6.45, 7) is 0.212. The van der Waals surface area contributed by atoms with Gasteiger partial charge in [0.1, 0.15) is 6.04 Å². The molecule has 0 bridgehead atoms. The molecule has 0 saturated carbocycles. The number of rotatable bonds is 2. The van der Waals surface area contributed by atoms with Crippen molar-refractivity contribution in [1.82, 2.24) is 4.90 Å². The molecule has 5 nitrogen and oxygen atoms in total. The Morgan fingerprint density at radius 1 is 1.75 bits per heavy atom. The Balaban J connectivity index is 2.63. The zero-order chi connectivity index (χ0) is 9.14. The number of esters is 1. The van der Waals surface area contributed by atoms with Gasteiger partial charge in [-0.25, -0.2) is 4.79 Å². The molecule has 1 heterocycles. The number of aliphatic hydroxyl groups excluding tert-OH is 1. The van der Waals surface area contributed by atoms with Crippen molar-refractivity contribution < 1.29 is 19.4 Å². The summed E-state index contributed by atoms with van der Waals surface area (Å²) in [6, 6.07) is -0.609. The summed E-state index contributed by atoms with van der Waals surface area (Å²) >= 11 is 0.